The minimum absolute atomic E-state index is 0.235. The number of aromatic nitrogens is 4. The topological polar surface area (TPSA) is 83.6 Å². The van der Waals surface area contributed by atoms with Crippen LogP contribution in [0.25, 0.3) is 44.7 Å². The molecule has 0 aliphatic heterocycles. The van der Waals surface area contributed by atoms with Crippen LogP contribution in [0.4, 0.5) is 0 Å². The van der Waals surface area contributed by atoms with Gasteiger partial charge in [0.1, 0.15) is 22.4 Å². The number of aromatic amines is 2. The standard InChI is InChI=1S/C33H28N4O2/c1-18-10-14-23(15-11-18)30-26(32-28(34-30)20(3)36-38-32)25(22-8-6-5-7-9-22)27-31(24-16-12-19(2)13-17-24)35-29-21(4)37-39-33(27)29/h5-17,25,34-35H,1-4H3. The lowest BCUT2D eigenvalue weighted by Crippen LogP contribution is -2.06. The van der Waals surface area contributed by atoms with Gasteiger partial charge in [-0.1, -0.05) is 100 Å². The quantitative estimate of drug-likeness (QED) is 0.243. The summed E-state index contributed by atoms with van der Waals surface area (Å²) in [7, 11) is 0. The Hall–Kier alpha value is -4.84. The maximum absolute atomic E-state index is 6.05. The summed E-state index contributed by atoms with van der Waals surface area (Å²) < 4.78 is 12.1. The van der Waals surface area contributed by atoms with Crippen molar-refractivity contribution in [3.05, 3.63) is 118 Å². The first kappa shape index (κ1) is 23.3. The number of hydrogen-bond acceptors (Lipinski definition) is 4. The van der Waals surface area contributed by atoms with Crippen molar-refractivity contribution in [2.45, 2.75) is 33.6 Å². The lowest BCUT2D eigenvalue weighted by atomic mass is 9.82. The highest BCUT2D eigenvalue weighted by Gasteiger charge is 2.34. The van der Waals surface area contributed by atoms with Gasteiger partial charge in [-0.25, -0.2) is 0 Å². The van der Waals surface area contributed by atoms with Gasteiger partial charge in [-0.15, -0.1) is 0 Å². The van der Waals surface area contributed by atoms with Gasteiger partial charge in [0.2, 0.25) is 0 Å². The molecule has 0 spiro atoms. The Morgan fingerprint density at radius 1 is 0.564 bits per heavy atom. The summed E-state index contributed by atoms with van der Waals surface area (Å²) in [5, 5.41) is 8.66. The number of hydrogen-bond donors (Lipinski definition) is 2. The van der Waals surface area contributed by atoms with Crippen LogP contribution in [0, 0.1) is 27.7 Å². The molecule has 0 saturated carbocycles. The molecule has 0 saturated heterocycles. The number of H-pyrrole nitrogens is 2. The minimum atomic E-state index is -0.235. The van der Waals surface area contributed by atoms with Gasteiger partial charge in [0.15, 0.2) is 11.2 Å². The van der Waals surface area contributed by atoms with Gasteiger partial charge < -0.3 is 19.0 Å². The monoisotopic (exact) mass is 512 g/mol. The second-order valence-corrected chi connectivity index (χ2v) is 10.3. The zero-order chi connectivity index (χ0) is 26.7. The third-order valence-electron chi connectivity index (χ3n) is 7.64. The van der Waals surface area contributed by atoms with Crippen LogP contribution in [0.2, 0.25) is 0 Å². The van der Waals surface area contributed by atoms with E-state index in [-0.39, 0.29) is 5.92 Å². The lowest BCUT2D eigenvalue weighted by molar-refractivity contribution is 0.445. The molecule has 6 nitrogen and oxygen atoms in total. The molecule has 3 aromatic carbocycles. The molecular formula is C33H28N4O2. The largest absolute Gasteiger partial charge is 0.354 e. The maximum Gasteiger partial charge on any atom is 0.189 e. The third kappa shape index (κ3) is 3.71. The Morgan fingerprint density at radius 3 is 1.44 bits per heavy atom. The normalized spacial score (nSPS) is 11.8. The second kappa shape index (κ2) is 8.88. The molecule has 0 aliphatic rings. The zero-order valence-corrected chi connectivity index (χ0v) is 22.3. The van der Waals surface area contributed by atoms with Gasteiger partial charge in [0.05, 0.1) is 11.4 Å². The minimum Gasteiger partial charge on any atom is -0.354 e. The van der Waals surface area contributed by atoms with E-state index >= 15 is 0 Å². The van der Waals surface area contributed by atoms with Crippen LogP contribution in [0.5, 0.6) is 0 Å². The Balaban J connectivity index is 1.60. The molecular weight excluding hydrogens is 484 g/mol. The smallest absolute Gasteiger partial charge is 0.189 e. The molecule has 0 fully saturated rings. The van der Waals surface area contributed by atoms with Crippen molar-refractivity contribution in [1.82, 2.24) is 20.3 Å². The van der Waals surface area contributed by atoms with Crippen LogP contribution in [-0.4, -0.2) is 20.3 Å². The fraction of sp³-hybridized carbons (Fsp3) is 0.152. The van der Waals surface area contributed by atoms with Gasteiger partial charge >= 0.3 is 0 Å². The van der Waals surface area contributed by atoms with E-state index in [9.17, 15) is 0 Å². The number of benzene rings is 3. The number of rotatable bonds is 5. The first-order valence-electron chi connectivity index (χ1n) is 13.1. The number of aryl methyl sites for hydroxylation is 4. The molecule has 0 aliphatic carbocycles. The van der Waals surface area contributed by atoms with Gasteiger partial charge in [0.25, 0.3) is 0 Å². The summed E-state index contributed by atoms with van der Waals surface area (Å²) in [5.41, 5.74) is 14.7. The van der Waals surface area contributed by atoms with E-state index in [1.165, 1.54) is 11.1 Å². The van der Waals surface area contributed by atoms with Crippen molar-refractivity contribution in [2.24, 2.45) is 0 Å². The second-order valence-electron chi connectivity index (χ2n) is 10.3. The molecule has 7 aromatic rings. The highest BCUT2D eigenvalue weighted by atomic mass is 16.5. The molecule has 0 bridgehead atoms. The summed E-state index contributed by atoms with van der Waals surface area (Å²) in [4.78, 5) is 7.34. The molecule has 192 valence electrons. The molecule has 7 rings (SSSR count). The van der Waals surface area contributed by atoms with Crippen molar-refractivity contribution in [1.29, 1.82) is 0 Å². The highest BCUT2D eigenvalue weighted by Crippen LogP contribution is 2.48. The van der Waals surface area contributed by atoms with Crippen molar-refractivity contribution < 1.29 is 9.05 Å². The van der Waals surface area contributed by atoms with Gasteiger partial charge in [-0.2, -0.15) is 0 Å². The van der Waals surface area contributed by atoms with Crippen LogP contribution in [0.15, 0.2) is 87.9 Å². The van der Waals surface area contributed by atoms with E-state index in [1.54, 1.807) is 0 Å². The van der Waals surface area contributed by atoms with Crippen LogP contribution in [-0.2, 0) is 0 Å². The van der Waals surface area contributed by atoms with Gasteiger partial charge in [-0.3, -0.25) is 0 Å². The molecule has 4 aromatic heterocycles. The van der Waals surface area contributed by atoms with Crippen LogP contribution >= 0.6 is 0 Å². The molecule has 0 unspecified atom stereocenters. The predicted octanol–water partition coefficient (Wildman–Crippen LogP) is 8.37. The van der Waals surface area contributed by atoms with E-state index in [0.29, 0.717) is 0 Å². The molecule has 0 amide bonds. The van der Waals surface area contributed by atoms with E-state index in [4.69, 9.17) is 9.05 Å². The Morgan fingerprint density at radius 2 is 1.00 bits per heavy atom. The SMILES string of the molecule is Cc1ccc(-c2[nH]c3c(C)noc3c2C(c2ccccc2)c2c(-c3ccc(C)cc3)[nH]c3c(C)noc23)cc1. The van der Waals surface area contributed by atoms with Gasteiger partial charge in [0, 0.05) is 17.0 Å². The average molecular weight is 513 g/mol. The van der Waals surface area contributed by atoms with E-state index in [1.807, 2.05) is 19.9 Å². The Kier molecular flexibility index (Phi) is 5.30. The summed E-state index contributed by atoms with van der Waals surface area (Å²) in [6.07, 6.45) is 0. The Labute approximate surface area is 225 Å². The Bertz CT molecular complexity index is 1810. The molecule has 6 heteroatoms. The summed E-state index contributed by atoms with van der Waals surface area (Å²) in [6.45, 7) is 8.13. The van der Waals surface area contributed by atoms with Crippen molar-refractivity contribution >= 4 is 22.2 Å². The molecule has 0 radical (unpaired) electrons. The molecule has 0 atom stereocenters. The summed E-state index contributed by atoms with van der Waals surface area (Å²) >= 11 is 0. The van der Waals surface area contributed by atoms with Crippen molar-refractivity contribution in [3.63, 3.8) is 0 Å². The molecule has 39 heavy (non-hydrogen) atoms. The lowest BCUT2D eigenvalue weighted by Gasteiger charge is -2.20. The fourth-order valence-electron chi connectivity index (χ4n) is 5.58. The predicted molar refractivity (Wildman–Crippen MR) is 154 cm³/mol. The molecule has 2 N–H and O–H groups in total. The van der Waals surface area contributed by atoms with E-state index in [0.717, 1.165) is 72.8 Å². The highest BCUT2D eigenvalue weighted by molar-refractivity contribution is 5.94. The zero-order valence-electron chi connectivity index (χ0n) is 22.3. The summed E-state index contributed by atoms with van der Waals surface area (Å²) in [5.74, 6) is -0.235. The first-order valence-corrected chi connectivity index (χ1v) is 13.1. The van der Waals surface area contributed by atoms with E-state index in [2.05, 4.69) is 107 Å². The fourth-order valence-corrected chi connectivity index (χ4v) is 5.58. The van der Waals surface area contributed by atoms with E-state index < -0.39 is 0 Å². The van der Waals surface area contributed by atoms with Crippen LogP contribution in [0.1, 0.15) is 45.1 Å². The van der Waals surface area contributed by atoms with Crippen LogP contribution < -0.4 is 0 Å². The average Bonchev–Trinajstić information content (AvgIpc) is 3.70. The third-order valence-corrected chi connectivity index (χ3v) is 7.64. The van der Waals surface area contributed by atoms with Crippen LogP contribution in [0.3, 0.4) is 0 Å². The summed E-state index contributed by atoms with van der Waals surface area (Å²) in [6, 6.07) is 27.7. The van der Waals surface area contributed by atoms with Crippen molar-refractivity contribution in [2.75, 3.05) is 0 Å². The van der Waals surface area contributed by atoms with Crippen molar-refractivity contribution in [3.8, 4) is 22.5 Å². The number of nitrogens with one attached hydrogen (secondary N) is 2. The first-order chi connectivity index (χ1) is 19.0. The van der Waals surface area contributed by atoms with Gasteiger partial charge in [-0.05, 0) is 44.4 Å². The maximum atomic E-state index is 6.05. The number of nitrogens with zero attached hydrogens (tertiary/aromatic N) is 2. The molecule has 4 heterocycles. The number of fused-ring (bicyclic) bond motifs is 2.